The first-order valence-corrected chi connectivity index (χ1v) is 8.23. The molecule has 0 aliphatic rings. The molecule has 2 rings (SSSR count). The van der Waals surface area contributed by atoms with Crippen LogP contribution in [0.2, 0.25) is 0 Å². The van der Waals surface area contributed by atoms with Gasteiger partial charge in [0.25, 0.3) is 0 Å². The predicted octanol–water partition coefficient (Wildman–Crippen LogP) is 5.21. The molecule has 0 aliphatic carbocycles. The molecule has 1 heterocycles. The molecule has 19 heavy (non-hydrogen) atoms. The molecule has 0 amide bonds. The summed E-state index contributed by atoms with van der Waals surface area (Å²) < 4.78 is 1.40. The third kappa shape index (κ3) is 4.32. The number of rotatable bonds is 7. The van der Waals surface area contributed by atoms with Crippen molar-refractivity contribution in [1.29, 1.82) is 0 Å². The molecule has 0 spiro atoms. The summed E-state index contributed by atoms with van der Waals surface area (Å²) in [7, 11) is 0. The fourth-order valence-corrected chi connectivity index (χ4v) is 3.35. The zero-order chi connectivity index (χ0) is 13.7. The summed E-state index contributed by atoms with van der Waals surface area (Å²) >= 11 is 1.85. The molecule has 1 aromatic carbocycles. The fourth-order valence-electron chi connectivity index (χ4n) is 2.39. The third-order valence-corrected chi connectivity index (χ3v) is 4.63. The van der Waals surface area contributed by atoms with Crippen LogP contribution < -0.4 is 5.32 Å². The van der Waals surface area contributed by atoms with Gasteiger partial charge in [0.1, 0.15) is 0 Å². The summed E-state index contributed by atoms with van der Waals surface area (Å²) in [6.45, 7) is 7.90. The van der Waals surface area contributed by atoms with Crippen LogP contribution in [0.3, 0.4) is 0 Å². The van der Waals surface area contributed by atoms with Gasteiger partial charge in [-0.2, -0.15) is 0 Å². The van der Waals surface area contributed by atoms with Crippen molar-refractivity contribution >= 4 is 21.4 Å². The van der Waals surface area contributed by atoms with Crippen LogP contribution in [0.25, 0.3) is 10.1 Å². The highest BCUT2D eigenvalue weighted by Crippen LogP contribution is 2.25. The first-order chi connectivity index (χ1) is 9.16. The van der Waals surface area contributed by atoms with Crippen molar-refractivity contribution in [2.45, 2.75) is 52.6 Å². The number of thiophene rings is 1. The van der Waals surface area contributed by atoms with Gasteiger partial charge in [0.05, 0.1) is 0 Å². The SMILES string of the molecule is CC(C)CCCC(C)NCc1csc2ccccc12. The maximum Gasteiger partial charge on any atom is 0.0346 e. The maximum absolute atomic E-state index is 3.66. The Morgan fingerprint density at radius 3 is 2.68 bits per heavy atom. The second-order valence-corrected chi connectivity index (χ2v) is 6.78. The molecule has 1 N–H and O–H groups in total. The monoisotopic (exact) mass is 275 g/mol. The van der Waals surface area contributed by atoms with Crippen molar-refractivity contribution in [2.75, 3.05) is 0 Å². The molecule has 0 saturated heterocycles. The van der Waals surface area contributed by atoms with Crippen molar-refractivity contribution in [3.8, 4) is 0 Å². The minimum Gasteiger partial charge on any atom is -0.310 e. The minimum atomic E-state index is 0.609. The Morgan fingerprint density at radius 2 is 1.89 bits per heavy atom. The minimum absolute atomic E-state index is 0.609. The van der Waals surface area contributed by atoms with Crippen LogP contribution in [0.4, 0.5) is 0 Å². The van der Waals surface area contributed by atoms with E-state index >= 15 is 0 Å². The van der Waals surface area contributed by atoms with Crippen molar-refractivity contribution in [3.63, 3.8) is 0 Å². The Morgan fingerprint density at radius 1 is 1.11 bits per heavy atom. The first kappa shape index (κ1) is 14.5. The van der Waals surface area contributed by atoms with Crippen LogP contribution in [0.1, 0.15) is 45.6 Å². The Hall–Kier alpha value is -0.860. The van der Waals surface area contributed by atoms with Crippen LogP contribution in [-0.4, -0.2) is 6.04 Å². The number of nitrogens with one attached hydrogen (secondary N) is 1. The fraction of sp³-hybridized carbons (Fsp3) is 0.529. The van der Waals surface area contributed by atoms with E-state index in [0.717, 1.165) is 12.5 Å². The number of hydrogen-bond acceptors (Lipinski definition) is 2. The van der Waals surface area contributed by atoms with Gasteiger partial charge in [-0.15, -0.1) is 11.3 Å². The van der Waals surface area contributed by atoms with Crippen molar-refractivity contribution in [3.05, 3.63) is 35.2 Å². The quantitative estimate of drug-likeness (QED) is 0.732. The van der Waals surface area contributed by atoms with Crippen LogP contribution in [0.15, 0.2) is 29.6 Å². The van der Waals surface area contributed by atoms with Crippen LogP contribution in [0, 0.1) is 5.92 Å². The largest absolute Gasteiger partial charge is 0.310 e. The summed E-state index contributed by atoms with van der Waals surface area (Å²) in [6, 6.07) is 9.29. The summed E-state index contributed by atoms with van der Waals surface area (Å²) in [5, 5.41) is 7.36. The zero-order valence-corrected chi connectivity index (χ0v) is 13.1. The first-order valence-electron chi connectivity index (χ1n) is 7.35. The molecule has 1 aromatic heterocycles. The summed E-state index contributed by atoms with van der Waals surface area (Å²) in [4.78, 5) is 0. The lowest BCUT2D eigenvalue weighted by molar-refractivity contribution is 0.458. The average Bonchev–Trinajstić information content (AvgIpc) is 2.79. The van der Waals surface area contributed by atoms with Crippen LogP contribution in [-0.2, 0) is 6.54 Å². The third-order valence-electron chi connectivity index (χ3n) is 3.62. The summed E-state index contributed by atoms with van der Waals surface area (Å²) in [5.41, 5.74) is 1.44. The van der Waals surface area contributed by atoms with Gasteiger partial charge in [-0.25, -0.2) is 0 Å². The van der Waals surface area contributed by atoms with E-state index in [0.29, 0.717) is 6.04 Å². The van der Waals surface area contributed by atoms with Crippen molar-refractivity contribution in [1.82, 2.24) is 5.32 Å². The lowest BCUT2D eigenvalue weighted by atomic mass is 10.0. The Labute approximate surface area is 121 Å². The second kappa shape index (κ2) is 7.06. The Kier molecular flexibility index (Phi) is 5.41. The molecule has 0 radical (unpaired) electrons. The van der Waals surface area contributed by atoms with Gasteiger partial charge in [-0.1, -0.05) is 44.9 Å². The molecule has 0 bridgehead atoms. The highest BCUT2D eigenvalue weighted by atomic mass is 32.1. The van der Waals surface area contributed by atoms with E-state index in [2.05, 4.69) is 55.7 Å². The van der Waals surface area contributed by atoms with Crippen LogP contribution in [0.5, 0.6) is 0 Å². The Bertz CT molecular complexity index is 501. The predicted molar refractivity (Wildman–Crippen MR) is 86.8 cm³/mol. The molecule has 2 heteroatoms. The van der Waals surface area contributed by atoms with E-state index in [4.69, 9.17) is 0 Å². The van der Waals surface area contributed by atoms with Gasteiger partial charge in [0.15, 0.2) is 0 Å². The maximum atomic E-state index is 3.66. The average molecular weight is 275 g/mol. The molecule has 0 saturated carbocycles. The van der Waals surface area contributed by atoms with Crippen molar-refractivity contribution in [2.24, 2.45) is 5.92 Å². The number of benzene rings is 1. The normalized spacial score (nSPS) is 13.3. The molecule has 0 aliphatic heterocycles. The van der Waals surface area contributed by atoms with Crippen molar-refractivity contribution < 1.29 is 0 Å². The highest BCUT2D eigenvalue weighted by molar-refractivity contribution is 7.17. The molecular weight excluding hydrogens is 250 g/mol. The van der Waals surface area contributed by atoms with Gasteiger partial charge >= 0.3 is 0 Å². The molecule has 1 unspecified atom stereocenters. The zero-order valence-electron chi connectivity index (χ0n) is 12.3. The standard InChI is InChI=1S/C17H25NS/c1-13(2)7-6-8-14(3)18-11-15-12-19-17-10-5-4-9-16(15)17/h4-5,9-10,12-14,18H,6-8,11H2,1-3H3. The smallest absolute Gasteiger partial charge is 0.0346 e. The van der Waals surface area contributed by atoms with E-state index in [1.54, 1.807) is 0 Å². The molecule has 0 fully saturated rings. The van der Waals surface area contributed by atoms with Gasteiger partial charge in [-0.3, -0.25) is 0 Å². The van der Waals surface area contributed by atoms with Crippen LogP contribution >= 0.6 is 11.3 Å². The lowest BCUT2D eigenvalue weighted by Crippen LogP contribution is -2.25. The van der Waals surface area contributed by atoms with Gasteiger partial charge in [-0.05, 0) is 41.7 Å². The lowest BCUT2D eigenvalue weighted by Gasteiger charge is -2.14. The van der Waals surface area contributed by atoms with Gasteiger partial charge < -0.3 is 5.32 Å². The second-order valence-electron chi connectivity index (χ2n) is 5.86. The highest BCUT2D eigenvalue weighted by Gasteiger charge is 2.06. The van der Waals surface area contributed by atoms with Gasteiger partial charge in [0.2, 0.25) is 0 Å². The molecule has 104 valence electrons. The van der Waals surface area contributed by atoms with E-state index in [1.165, 1.54) is 34.9 Å². The van der Waals surface area contributed by atoms with E-state index in [-0.39, 0.29) is 0 Å². The topological polar surface area (TPSA) is 12.0 Å². The molecule has 1 nitrogen and oxygen atoms in total. The number of hydrogen-bond donors (Lipinski definition) is 1. The molecular formula is C17H25NS. The van der Waals surface area contributed by atoms with E-state index in [1.807, 2.05) is 11.3 Å². The number of fused-ring (bicyclic) bond motifs is 1. The molecule has 1 atom stereocenters. The van der Waals surface area contributed by atoms with E-state index in [9.17, 15) is 0 Å². The van der Waals surface area contributed by atoms with E-state index < -0.39 is 0 Å². The van der Waals surface area contributed by atoms with Gasteiger partial charge in [0, 0.05) is 17.3 Å². The summed E-state index contributed by atoms with van der Waals surface area (Å²) in [5.74, 6) is 0.827. The summed E-state index contributed by atoms with van der Waals surface area (Å²) in [6.07, 6.45) is 3.95. The Balaban J connectivity index is 1.81. The molecule has 2 aromatic rings.